The van der Waals surface area contributed by atoms with Gasteiger partial charge in [-0.15, -0.1) is 0 Å². The van der Waals surface area contributed by atoms with E-state index in [-0.39, 0.29) is 47.6 Å². The van der Waals surface area contributed by atoms with Gasteiger partial charge in [-0.1, -0.05) is 79.1 Å². The monoisotopic (exact) mass is 510 g/mol. The number of cyclic esters (lactones) is 1. The molecule has 3 aliphatic rings. The molecule has 3 saturated heterocycles. The summed E-state index contributed by atoms with van der Waals surface area (Å²) in [6, 6.07) is 0. The molecule has 0 aromatic carbocycles. The average molecular weight is 511 g/mol. The Hall–Kier alpha value is -0.433. The van der Waals surface area contributed by atoms with Crippen LogP contribution in [0.2, 0.25) is 18.1 Å². The molecule has 0 N–H and O–H groups in total. The molecule has 3 rings (SSSR count). The van der Waals surface area contributed by atoms with Crippen LogP contribution in [0.1, 0.15) is 124 Å². The van der Waals surface area contributed by atoms with Crippen LogP contribution in [0, 0.1) is 0 Å². The van der Waals surface area contributed by atoms with E-state index in [0.29, 0.717) is 6.42 Å². The Morgan fingerprint density at radius 3 is 2.00 bits per heavy atom. The highest BCUT2D eigenvalue weighted by Crippen LogP contribution is 2.41. The molecule has 204 valence electrons. The normalized spacial score (nSPS) is 30.7. The second-order valence-corrected chi connectivity index (χ2v) is 17.6. The smallest absolute Gasteiger partial charge is 0.306 e. The van der Waals surface area contributed by atoms with E-state index in [1.807, 2.05) is 0 Å². The van der Waals surface area contributed by atoms with Crippen molar-refractivity contribution in [1.82, 2.24) is 0 Å². The fourth-order valence-corrected chi connectivity index (χ4v) is 7.02. The Bertz CT molecular complexity index is 645. The minimum Gasteiger partial charge on any atom is -0.460 e. The van der Waals surface area contributed by atoms with Crippen LogP contribution in [0.5, 0.6) is 0 Å². The molecule has 35 heavy (non-hydrogen) atoms. The van der Waals surface area contributed by atoms with Gasteiger partial charge in [-0.3, -0.25) is 4.79 Å². The van der Waals surface area contributed by atoms with E-state index in [1.165, 1.54) is 51.4 Å². The number of esters is 1. The van der Waals surface area contributed by atoms with E-state index in [1.54, 1.807) is 0 Å². The lowest BCUT2D eigenvalue weighted by Gasteiger charge is -2.41. The fourth-order valence-electron chi connectivity index (χ4n) is 5.64. The third-order valence-electron chi connectivity index (χ3n) is 8.92. The number of rotatable bonds is 14. The van der Waals surface area contributed by atoms with Crippen LogP contribution < -0.4 is 0 Å². The van der Waals surface area contributed by atoms with Crippen LogP contribution in [0.25, 0.3) is 0 Å². The van der Waals surface area contributed by atoms with Gasteiger partial charge in [0.1, 0.15) is 6.10 Å². The molecule has 0 aliphatic carbocycles. The van der Waals surface area contributed by atoms with Crippen LogP contribution in [-0.4, -0.2) is 50.9 Å². The number of hydrogen-bond donors (Lipinski definition) is 0. The molecule has 0 spiro atoms. The zero-order chi connectivity index (χ0) is 25.5. The van der Waals surface area contributed by atoms with Crippen LogP contribution >= 0.6 is 0 Å². The van der Waals surface area contributed by atoms with E-state index in [2.05, 4.69) is 40.8 Å². The Balaban J connectivity index is 1.49. The van der Waals surface area contributed by atoms with E-state index < -0.39 is 8.32 Å². The van der Waals surface area contributed by atoms with E-state index in [4.69, 9.17) is 18.6 Å². The third-order valence-corrected chi connectivity index (χ3v) is 13.4. The zero-order valence-electron chi connectivity index (χ0n) is 23.6. The lowest BCUT2D eigenvalue weighted by atomic mass is 10.0. The standard InChI is InChI=1S/C29H54O5Si/c1-7-8-9-10-11-12-13-14-15-27(34-35(5,6)29(2,3)4)26-19-18-23(32-26)22-16-17-24(31-22)25-20-21-28(30)33-25/h22-27H,7-21H2,1-6H3/t22-,23-,24-,25+,26+,27+/m0/s1. The van der Waals surface area contributed by atoms with Crippen molar-refractivity contribution in [3.8, 4) is 0 Å². The zero-order valence-corrected chi connectivity index (χ0v) is 24.6. The quantitative estimate of drug-likeness (QED) is 0.136. The molecule has 0 radical (unpaired) electrons. The summed E-state index contributed by atoms with van der Waals surface area (Å²) in [6.45, 7) is 14.0. The van der Waals surface area contributed by atoms with Crippen molar-refractivity contribution >= 4 is 14.3 Å². The largest absolute Gasteiger partial charge is 0.460 e. The third kappa shape index (κ3) is 8.54. The first-order valence-corrected chi connectivity index (χ1v) is 17.7. The first kappa shape index (κ1) is 29.1. The molecule has 0 unspecified atom stereocenters. The van der Waals surface area contributed by atoms with Crippen molar-refractivity contribution in [3.63, 3.8) is 0 Å². The molecule has 0 bridgehead atoms. The van der Waals surface area contributed by atoms with Crippen LogP contribution in [0.15, 0.2) is 0 Å². The van der Waals surface area contributed by atoms with Crippen molar-refractivity contribution < 1.29 is 23.4 Å². The molecule has 0 amide bonds. The fraction of sp³-hybridized carbons (Fsp3) is 0.966. The van der Waals surface area contributed by atoms with Crippen molar-refractivity contribution in [2.24, 2.45) is 0 Å². The van der Waals surface area contributed by atoms with Gasteiger partial charge in [-0.05, 0) is 56.7 Å². The summed E-state index contributed by atoms with van der Waals surface area (Å²) in [5.74, 6) is -0.0780. The van der Waals surface area contributed by atoms with Gasteiger partial charge in [0.15, 0.2) is 8.32 Å². The van der Waals surface area contributed by atoms with Crippen molar-refractivity contribution in [2.45, 2.75) is 179 Å². The molecule has 0 saturated carbocycles. The Labute approximate surface area is 216 Å². The Morgan fingerprint density at radius 2 is 1.40 bits per heavy atom. The van der Waals surface area contributed by atoms with Crippen LogP contribution in [0.3, 0.4) is 0 Å². The molecule has 3 heterocycles. The molecular weight excluding hydrogens is 456 g/mol. The highest BCUT2D eigenvalue weighted by Gasteiger charge is 2.46. The van der Waals surface area contributed by atoms with E-state index in [0.717, 1.165) is 38.5 Å². The van der Waals surface area contributed by atoms with E-state index >= 15 is 0 Å². The number of unbranched alkanes of at least 4 members (excludes halogenated alkanes) is 7. The minimum atomic E-state index is -1.87. The summed E-state index contributed by atoms with van der Waals surface area (Å²) in [5, 5.41) is 0.197. The lowest BCUT2D eigenvalue weighted by molar-refractivity contribution is -0.149. The van der Waals surface area contributed by atoms with Crippen LogP contribution in [0.4, 0.5) is 0 Å². The van der Waals surface area contributed by atoms with Crippen LogP contribution in [-0.2, 0) is 23.4 Å². The Morgan fingerprint density at radius 1 is 0.829 bits per heavy atom. The summed E-state index contributed by atoms with van der Waals surface area (Å²) in [7, 11) is -1.87. The highest BCUT2D eigenvalue weighted by atomic mass is 28.4. The molecule has 6 heteroatoms. The van der Waals surface area contributed by atoms with Gasteiger partial charge in [-0.2, -0.15) is 0 Å². The maximum absolute atomic E-state index is 11.5. The maximum Gasteiger partial charge on any atom is 0.306 e. The van der Waals surface area contributed by atoms with Gasteiger partial charge in [0.25, 0.3) is 0 Å². The van der Waals surface area contributed by atoms with Crippen molar-refractivity contribution in [1.29, 1.82) is 0 Å². The summed E-state index contributed by atoms with van der Waals surface area (Å²) >= 11 is 0. The molecule has 6 atom stereocenters. The van der Waals surface area contributed by atoms with Crippen molar-refractivity contribution in [2.75, 3.05) is 0 Å². The first-order valence-electron chi connectivity index (χ1n) is 14.8. The summed E-state index contributed by atoms with van der Waals surface area (Å²) < 4.78 is 25.5. The minimum absolute atomic E-state index is 0.0469. The van der Waals surface area contributed by atoms with Gasteiger partial charge >= 0.3 is 5.97 Å². The predicted molar refractivity (Wildman–Crippen MR) is 144 cm³/mol. The number of hydrogen-bond acceptors (Lipinski definition) is 5. The SMILES string of the molecule is CCCCCCCCCC[C@@H](O[Si](C)(C)C(C)(C)C)[C@H]1CC[C@@H]([C@@H]2CC[C@@H]([C@H]3CCC(=O)O3)O2)O1. The maximum atomic E-state index is 11.5. The second-order valence-electron chi connectivity index (χ2n) is 12.8. The number of carbonyl (C=O) groups is 1. The first-order chi connectivity index (χ1) is 16.6. The molecule has 5 nitrogen and oxygen atoms in total. The summed E-state index contributed by atoms with van der Waals surface area (Å²) in [6.07, 6.45) is 17.8. The van der Waals surface area contributed by atoms with E-state index in [9.17, 15) is 4.79 Å². The van der Waals surface area contributed by atoms with Crippen molar-refractivity contribution in [3.05, 3.63) is 0 Å². The summed E-state index contributed by atoms with van der Waals surface area (Å²) in [5.41, 5.74) is 0. The van der Waals surface area contributed by atoms with Gasteiger partial charge in [-0.25, -0.2) is 0 Å². The molecular formula is C29H54O5Si. The van der Waals surface area contributed by atoms with Gasteiger partial charge in [0.2, 0.25) is 0 Å². The number of carbonyl (C=O) groups excluding carboxylic acids is 1. The highest BCUT2D eigenvalue weighted by molar-refractivity contribution is 6.74. The van der Waals surface area contributed by atoms with Gasteiger partial charge in [0, 0.05) is 6.42 Å². The molecule has 0 aromatic rings. The van der Waals surface area contributed by atoms with Gasteiger partial charge in [0.05, 0.1) is 30.5 Å². The molecule has 3 fully saturated rings. The Kier molecular flexibility index (Phi) is 11.1. The second kappa shape index (κ2) is 13.4. The lowest BCUT2D eigenvalue weighted by Crippen LogP contribution is -2.47. The summed E-state index contributed by atoms with van der Waals surface area (Å²) in [4.78, 5) is 11.5. The average Bonchev–Trinajstić information content (AvgIpc) is 3.54. The molecule has 0 aromatic heterocycles. The predicted octanol–water partition coefficient (Wildman–Crippen LogP) is 7.71. The molecule has 3 aliphatic heterocycles. The van der Waals surface area contributed by atoms with Gasteiger partial charge < -0.3 is 18.6 Å². The topological polar surface area (TPSA) is 54.0 Å². The number of ether oxygens (including phenoxy) is 3.